The number of hydrogen-bond acceptors (Lipinski definition) is 2. The number of allylic oxidation sites excluding steroid dienone is 1. The van der Waals surface area contributed by atoms with Gasteiger partial charge in [0.1, 0.15) is 5.75 Å². The number of hydrogen-bond donors (Lipinski definition) is 0. The monoisotopic (exact) mass is 190 g/mol. The van der Waals surface area contributed by atoms with E-state index in [1.54, 1.807) is 19.1 Å². The van der Waals surface area contributed by atoms with Gasteiger partial charge in [-0.2, -0.15) is 0 Å². The molecule has 0 amide bonds. The van der Waals surface area contributed by atoms with E-state index in [4.69, 9.17) is 4.74 Å². The molecule has 1 rings (SSSR count). The van der Waals surface area contributed by atoms with Crippen molar-refractivity contribution in [2.75, 3.05) is 0 Å². The lowest BCUT2D eigenvalue weighted by atomic mass is 10.2. The molecule has 0 bridgehead atoms. The third kappa shape index (κ3) is 3.05. The molecule has 0 spiro atoms. The van der Waals surface area contributed by atoms with Gasteiger partial charge >= 0.3 is 5.97 Å². The molecule has 0 saturated carbocycles. The average molecular weight is 190 g/mol. The number of esters is 1. The van der Waals surface area contributed by atoms with Gasteiger partial charge in [-0.05, 0) is 24.6 Å². The summed E-state index contributed by atoms with van der Waals surface area (Å²) in [5, 5.41) is 0. The van der Waals surface area contributed by atoms with E-state index in [1.165, 1.54) is 0 Å². The molecule has 74 valence electrons. The van der Waals surface area contributed by atoms with Crippen LogP contribution in [0.3, 0.4) is 0 Å². The lowest BCUT2D eigenvalue weighted by molar-refractivity contribution is -0.134. The summed E-state index contributed by atoms with van der Waals surface area (Å²) in [4.78, 5) is 11.0. The zero-order valence-electron chi connectivity index (χ0n) is 8.49. The number of carbonyl (C=O) groups is 1. The Bertz CT molecular complexity index is 323. The molecule has 14 heavy (non-hydrogen) atoms. The summed E-state index contributed by atoms with van der Waals surface area (Å²) >= 11 is 0. The zero-order valence-corrected chi connectivity index (χ0v) is 8.49. The first-order valence-electron chi connectivity index (χ1n) is 4.69. The first-order valence-corrected chi connectivity index (χ1v) is 4.69. The molecule has 0 heterocycles. The molecule has 0 radical (unpaired) electrons. The summed E-state index contributed by atoms with van der Waals surface area (Å²) in [5.74, 6) is 0.397. The highest BCUT2D eigenvalue weighted by Crippen LogP contribution is 2.13. The number of ether oxygens (including phenoxy) is 1. The Hall–Kier alpha value is -1.57. The van der Waals surface area contributed by atoms with Gasteiger partial charge in [-0.25, -0.2) is 0 Å². The normalized spacial score (nSPS) is 10.4. The first-order chi connectivity index (χ1) is 6.76. The highest BCUT2D eigenvalue weighted by Gasteiger charge is 1.99. The second-order valence-corrected chi connectivity index (χ2v) is 2.90. The number of benzene rings is 1. The summed E-state index contributed by atoms with van der Waals surface area (Å²) in [7, 11) is 0. The van der Waals surface area contributed by atoms with E-state index in [2.05, 4.69) is 0 Å². The van der Waals surface area contributed by atoms with Crippen LogP contribution in [0.5, 0.6) is 5.75 Å². The molecule has 0 unspecified atom stereocenters. The van der Waals surface area contributed by atoms with Gasteiger partial charge in [0.05, 0.1) is 0 Å². The van der Waals surface area contributed by atoms with Crippen LogP contribution in [0.15, 0.2) is 30.3 Å². The molecule has 0 atom stereocenters. The van der Waals surface area contributed by atoms with Crippen LogP contribution in [0.4, 0.5) is 0 Å². The van der Waals surface area contributed by atoms with Gasteiger partial charge < -0.3 is 4.74 Å². The maximum atomic E-state index is 11.0. The summed E-state index contributed by atoms with van der Waals surface area (Å²) < 4.78 is 5.03. The fourth-order valence-electron chi connectivity index (χ4n) is 1.04. The van der Waals surface area contributed by atoms with Crippen molar-refractivity contribution in [3.63, 3.8) is 0 Å². The molecule has 1 aromatic carbocycles. The summed E-state index contributed by atoms with van der Waals surface area (Å²) in [6.07, 6.45) is 4.36. The third-order valence-corrected chi connectivity index (χ3v) is 1.76. The van der Waals surface area contributed by atoms with Crippen molar-refractivity contribution in [1.82, 2.24) is 0 Å². The lowest BCUT2D eigenvalue weighted by Crippen LogP contribution is -2.05. The molecule has 2 heteroatoms. The lowest BCUT2D eigenvalue weighted by Gasteiger charge is -2.02. The quantitative estimate of drug-likeness (QED) is 0.541. The fraction of sp³-hybridized carbons (Fsp3) is 0.250. The summed E-state index contributed by atoms with van der Waals surface area (Å²) in [6.45, 7) is 3.74. The van der Waals surface area contributed by atoms with Gasteiger partial charge in [-0.1, -0.05) is 31.2 Å². The average Bonchev–Trinajstić information content (AvgIpc) is 2.21. The SMILES string of the molecule is C/C=C/c1ccc(OC(=O)CC)cc1. The van der Waals surface area contributed by atoms with E-state index in [0.717, 1.165) is 5.56 Å². The largest absolute Gasteiger partial charge is 0.427 e. The molecule has 0 aliphatic carbocycles. The van der Waals surface area contributed by atoms with Gasteiger partial charge in [-0.15, -0.1) is 0 Å². The van der Waals surface area contributed by atoms with Crippen LogP contribution >= 0.6 is 0 Å². The van der Waals surface area contributed by atoms with E-state index < -0.39 is 0 Å². The number of carbonyl (C=O) groups excluding carboxylic acids is 1. The van der Waals surface area contributed by atoms with Crippen molar-refractivity contribution in [2.24, 2.45) is 0 Å². The van der Waals surface area contributed by atoms with Crippen LogP contribution in [0.1, 0.15) is 25.8 Å². The highest BCUT2D eigenvalue weighted by atomic mass is 16.5. The Labute approximate surface area is 84.2 Å². The van der Waals surface area contributed by atoms with Crippen molar-refractivity contribution < 1.29 is 9.53 Å². The van der Waals surface area contributed by atoms with Gasteiger partial charge in [0, 0.05) is 6.42 Å². The molecule has 0 aliphatic heterocycles. The third-order valence-electron chi connectivity index (χ3n) is 1.76. The minimum absolute atomic E-state index is 0.205. The van der Waals surface area contributed by atoms with E-state index >= 15 is 0 Å². The zero-order chi connectivity index (χ0) is 10.4. The molecule has 0 saturated heterocycles. The van der Waals surface area contributed by atoms with Gasteiger partial charge in [0.2, 0.25) is 0 Å². The molecule has 2 nitrogen and oxygen atoms in total. The predicted octanol–water partition coefficient (Wildman–Crippen LogP) is 3.04. The fourth-order valence-corrected chi connectivity index (χ4v) is 1.04. The molecule has 1 aromatic rings. The Balaban J connectivity index is 2.68. The van der Waals surface area contributed by atoms with Crippen LogP contribution < -0.4 is 4.74 Å². The van der Waals surface area contributed by atoms with Crippen LogP contribution in [-0.4, -0.2) is 5.97 Å². The predicted molar refractivity (Wildman–Crippen MR) is 57.1 cm³/mol. The second-order valence-electron chi connectivity index (χ2n) is 2.90. The minimum Gasteiger partial charge on any atom is -0.427 e. The van der Waals surface area contributed by atoms with Crippen molar-refractivity contribution in [3.05, 3.63) is 35.9 Å². The van der Waals surface area contributed by atoms with Gasteiger partial charge in [0.25, 0.3) is 0 Å². The number of rotatable bonds is 3. The Morgan fingerprint density at radius 3 is 2.50 bits per heavy atom. The maximum Gasteiger partial charge on any atom is 0.310 e. The van der Waals surface area contributed by atoms with E-state index in [-0.39, 0.29) is 5.97 Å². The second kappa shape index (κ2) is 5.22. The standard InChI is InChI=1S/C12H14O2/c1-3-5-10-6-8-11(9-7-10)14-12(13)4-2/h3,5-9H,4H2,1-2H3/b5-3+. The molecular weight excluding hydrogens is 176 g/mol. The molecule has 0 fully saturated rings. The van der Waals surface area contributed by atoms with E-state index in [9.17, 15) is 4.79 Å². The first kappa shape index (κ1) is 10.5. The summed E-state index contributed by atoms with van der Waals surface area (Å²) in [6, 6.07) is 7.42. The van der Waals surface area contributed by atoms with Gasteiger partial charge in [0.15, 0.2) is 0 Å². The minimum atomic E-state index is -0.205. The summed E-state index contributed by atoms with van der Waals surface area (Å²) in [5.41, 5.74) is 1.10. The van der Waals surface area contributed by atoms with Crippen LogP contribution in [0, 0.1) is 0 Å². The van der Waals surface area contributed by atoms with E-state index in [0.29, 0.717) is 12.2 Å². The smallest absolute Gasteiger partial charge is 0.310 e. The van der Waals surface area contributed by atoms with Crippen molar-refractivity contribution in [3.8, 4) is 5.75 Å². The van der Waals surface area contributed by atoms with Crippen molar-refractivity contribution in [1.29, 1.82) is 0 Å². The van der Waals surface area contributed by atoms with Crippen molar-refractivity contribution in [2.45, 2.75) is 20.3 Å². The maximum absolute atomic E-state index is 11.0. The van der Waals surface area contributed by atoms with Crippen LogP contribution in [0.2, 0.25) is 0 Å². The van der Waals surface area contributed by atoms with E-state index in [1.807, 2.05) is 31.2 Å². The highest BCUT2D eigenvalue weighted by molar-refractivity contribution is 5.72. The Morgan fingerprint density at radius 2 is 2.00 bits per heavy atom. The molecule has 0 N–H and O–H groups in total. The molecule has 0 aliphatic rings. The van der Waals surface area contributed by atoms with Crippen LogP contribution in [0.25, 0.3) is 6.08 Å². The van der Waals surface area contributed by atoms with Crippen LogP contribution in [-0.2, 0) is 4.79 Å². The topological polar surface area (TPSA) is 26.3 Å². The van der Waals surface area contributed by atoms with Gasteiger partial charge in [-0.3, -0.25) is 4.79 Å². The Kier molecular flexibility index (Phi) is 3.92. The Morgan fingerprint density at radius 1 is 1.36 bits per heavy atom. The molecule has 0 aromatic heterocycles. The molecular formula is C12H14O2. The van der Waals surface area contributed by atoms with Crippen molar-refractivity contribution >= 4 is 12.0 Å².